The van der Waals surface area contributed by atoms with Crippen molar-refractivity contribution >= 4 is 0 Å². The van der Waals surface area contributed by atoms with E-state index in [2.05, 4.69) is 0 Å². The van der Waals surface area contributed by atoms with E-state index in [4.69, 9.17) is 6.48 Å². The van der Waals surface area contributed by atoms with Crippen molar-refractivity contribution in [1.29, 1.82) is 0 Å². The Kier molecular flexibility index (Phi) is 2.18. The lowest BCUT2D eigenvalue weighted by atomic mass is 10.1. The van der Waals surface area contributed by atoms with Gasteiger partial charge in [0.25, 0.3) is 0 Å². The molecule has 0 fully saturated rings. The van der Waals surface area contributed by atoms with Crippen molar-refractivity contribution in [2.75, 3.05) is 6.61 Å². The Morgan fingerprint density at radius 2 is 2.50 bits per heavy atom. The predicted octanol–water partition coefficient (Wildman–Crippen LogP) is 1.02. The molecule has 0 unspecified atom stereocenters. The highest BCUT2D eigenvalue weighted by atomic mass is 16.3. The van der Waals surface area contributed by atoms with Gasteiger partial charge in [0.1, 0.15) is 0 Å². The maximum absolute atomic E-state index is 8.41. The highest BCUT2D eigenvalue weighted by Gasteiger charge is 1.90. The van der Waals surface area contributed by atoms with Crippen molar-refractivity contribution in [3.8, 4) is 0 Å². The predicted molar refractivity (Wildman–Crippen MR) is 26.5 cm³/mol. The molecule has 1 heteroatoms. The average molecular weight is 89.2 g/mol. The van der Waals surface area contributed by atoms with E-state index in [1.165, 1.54) is 0 Å². The second-order valence-electron chi connectivity index (χ2n) is 1.47. The molecule has 0 radical (unpaired) electrons. The van der Waals surface area contributed by atoms with E-state index in [1.54, 1.807) is 6.92 Å². The van der Waals surface area contributed by atoms with Gasteiger partial charge in [0.05, 0.1) is 0 Å². The van der Waals surface area contributed by atoms with Crippen LogP contribution in [0.5, 0.6) is 0 Å². The zero-order valence-electron chi connectivity index (χ0n) is 5.36. The normalized spacial score (nSPS) is 22.2. The second kappa shape index (κ2) is 3.16. The Balaban J connectivity index is 3.36. The molecule has 0 spiro atoms. The van der Waals surface area contributed by atoms with Crippen LogP contribution >= 0.6 is 0 Å². The fourth-order valence-electron chi connectivity index (χ4n) is 0.112. The number of rotatable bonds is 2. The number of hydrogen-bond acceptors (Lipinski definition) is 1. The van der Waals surface area contributed by atoms with Crippen LogP contribution in [-0.4, -0.2) is 11.7 Å². The molecule has 0 amide bonds. The van der Waals surface area contributed by atoms with Crippen LogP contribution in [0.3, 0.4) is 0 Å². The first kappa shape index (κ1) is 4.13. The third-order valence-corrected chi connectivity index (χ3v) is 0.873. The van der Waals surface area contributed by atoms with Crippen molar-refractivity contribution in [1.82, 2.24) is 0 Å². The summed E-state index contributed by atoms with van der Waals surface area (Å²) in [4.78, 5) is 0. The Bertz CT molecular complexity index is 46.0. The third kappa shape index (κ3) is 2.21. The fraction of sp³-hybridized carbons (Fsp3) is 1.00. The summed E-state index contributed by atoms with van der Waals surface area (Å²) in [6.45, 7) is 3.57. The molecule has 0 aliphatic rings. The minimum Gasteiger partial charge on any atom is -0.396 e. The van der Waals surface area contributed by atoms with Gasteiger partial charge in [-0.05, 0) is 5.89 Å². The van der Waals surface area contributed by atoms with Gasteiger partial charge in [0.15, 0.2) is 0 Å². The van der Waals surface area contributed by atoms with Crippen LogP contribution in [0, 0.1) is 5.89 Å². The molecule has 0 rings (SSSR count). The first-order chi connectivity index (χ1) is 3.12. The summed E-state index contributed by atoms with van der Waals surface area (Å²) in [5.41, 5.74) is 0. The van der Waals surface area contributed by atoms with E-state index in [9.17, 15) is 0 Å². The minimum atomic E-state index is -0.611. The molecule has 6 heavy (non-hydrogen) atoms. The minimum absolute atomic E-state index is 0.0382. The highest BCUT2D eigenvalue weighted by Crippen LogP contribution is 1.95. The van der Waals surface area contributed by atoms with E-state index < -0.39 is 5.89 Å². The lowest BCUT2D eigenvalue weighted by molar-refractivity contribution is 0.234. The largest absolute Gasteiger partial charge is 0.396 e. The van der Waals surface area contributed by atoms with Gasteiger partial charge in [0, 0.05) is 7.98 Å². The van der Waals surface area contributed by atoms with Crippen molar-refractivity contribution < 1.29 is 6.48 Å². The van der Waals surface area contributed by atoms with Crippen LogP contribution in [-0.2, 0) is 0 Å². The standard InChI is InChI=1S/C5H12O/c1-3-5(2)4-6/h5-6H,3-4H2,1-2H3/t5-/m1/s1/i5D. The molecular weight excluding hydrogens is 76.1 g/mol. The van der Waals surface area contributed by atoms with E-state index in [1.807, 2.05) is 6.92 Å². The monoisotopic (exact) mass is 89.1 g/mol. The molecule has 0 saturated carbocycles. The molecule has 0 saturated heterocycles. The molecule has 0 aromatic carbocycles. The van der Waals surface area contributed by atoms with Crippen LogP contribution in [0.2, 0.25) is 0 Å². The summed E-state index contributed by atoms with van der Waals surface area (Å²) in [6.07, 6.45) is 0.712. The van der Waals surface area contributed by atoms with Gasteiger partial charge in [-0.1, -0.05) is 20.3 Å². The zero-order valence-corrected chi connectivity index (χ0v) is 4.36. The SMILES string of the molecule is [2H][C@@](C)(CC)CO. The average Bonchev–Trinajstić information content (AvgIpc) is 1.68. The van der Waals surface area contributed by atoms with Crippen LogP contribution in [0.15, 0.2) is 0 Å². The summed E-state index contributed by atoms with van der Waals surface area (Å²) in [5, 5.41) is 8.41. The smallest absolute Gasteiger partial charge is 0.0456 e. The molecule has 0 aliphatic carbocycles. The second-order valence-corrected chi connectivity index (χ2v) is 1.47. The summed E-state index contributed by atoms with van der Waals surface area (Å²) < 4.78 is 7.17. The van der Waals surface area contributed by atoms with Crippen LogP contribution in [0.4, 0.5) is 0 Å². The van der Waals surface area contributed by atoms with Gasteiger partial charge in [-0.15, -0.1) is 0 Å². The van der Waals surface area contributed by atoms with Crippen LogP contribution in [0.1, 0.15) is 21.6 Å². The molecule has 0 bridgehead atoms. The first-order valence-corrected chi connectivity index (χ1v) is 2.23. The first-order valence-electron chi connectivity index (χ1n) is 2.73. The maximum atomic E-state index is 8.41. The number of aliphatic hydroxyl groups excluding tert-OH is 1. The summed E-state index contributed by atoms with van der Waals surface area (Å²) in [5.74, 6) is -0.611. The van der Waals surface area contributed by atoms with Crippen LogP contribution in [0.25, 0.3) is 0 Å². The molecule has 0 heterocycles. The molecule has 0 aromatic heterocycles. The Morgan fingerprint density at radius 3 is 2.50 bits per heavy atom. The van der Waals surface area contributed by atoms with Gasteiger partial charge in [-0.3, -0.25) is 0 Å². The summed E-state index contributed by atoms with van der Waals surface area (Å²) in [6, 6.07) is 0. The summed E-state index contributed by atoms with van der Waals surface area (Å²) >= 11 is 0. The zero-order chi connectivity index (χ0) is 5.91. The maximum Gasteiger partial charge on any atom is 0.0456 e. The highest BCUT2D eigenvalue weighted by molar-refractivity contribution is 4.41. The molecule has 1 nitrogen and oxygen atoms in total. The molecule has 1 atom stereocenters. The summed E-state index contributed by atoms with van der Waals surface area (Å²) in [7, 11) is 0. The van der Waals surface area contributed by atoms with Gasteiger partial charge in [0.2, 0.25) is 0 Å². The van der Waals surface area contributed by atoms with Gasteiger partial charge < -0.3 is 5.11 Å². The molecule has 0 aromatic rings. The molecule has 38 valence electrons. The van der Waals surface area contributed by atoms with Crippen molar-refractivity contribution in [3.05, 3.63) is 0 Å². The number of hydrogen-bond donors (Lipinski definition) is 1. The molecule has 1 N–H and O–H groups in total. The lowest BCUT2D eigenvalue weighted by Gasteiger charge is -1.98. The van der Waals surface area contributed by atoms with E-state index in [0.717, 1.165) is 0 Å². The molecular formula is C5H12O. The number of aliphatic hydroxyl groups is 1. The fourth-order valence-corrected chi connectivity index (χ4v) is 0.112. The van der Waals surface area contributed by atoms with E-state index in [-0.39, 0.29) is 6.61 Å². The van der Waals surface area contributed by atoms with Crippen molar-refractivity contribution in [3.63, 3.8) is 0 Å². The third-order valence-electron chi connectivity index (χ3n) is 0.873. The van der Waals surface area contributed by atoms with Gasteiger partial charge >= 0.3 is 0 Å². The van der Waals surface area contributed by atoms with Crippen molar-refractivity contribution in [2.45, 2.75) is 20.3 Å². The molecule has 0 aliphatic heterocycles. The van der Waals surface area contributed by atoms with E-state index in [0.29, 0.717) is 6.42 Å². The quantitative estimate of drug-likeness (QED) is 0.535. The Morgan fingerprint density at radius 1 is 2.00 bits per heavy atom. The van der Waals surface area contributed by atoms with E-state index >= 15 is 0 Å². The van der Waals surface area contributed by atoms with Gasteiger partial charge in [-0.25, -0.2) is 0 Å². The van der Waals surface area contributed by atoms with Crippen LogP contribution < -0.4 is 0 Å². The van der Waals surface area contributed by atoms with Gasteiger partial charge in [-0.2, -0.15) is 0 Å². The lowest BCUT2D eigenvalue weighted by Crippen LogP contribution is -1.96. The Labute approximate surface area is 40.4 Å². The Hall–Kier alpha value is -0.0400. The topological polar surface area (TPSA) is 20.2 Å². The van der Waals surface area contributed by atoms with Crippen molar-refractivity contribution in [2.24, 2.45) is 5.89 Å².